The maximum absolute atomic E-state index is 12.8. The normalized spacial score (nSPS) is 12.3. The molecular weight excluding hydrogens is 426 g/mol. The van der Waals surface area contributed by atoms with Crippen LogP contribution < -0.4 is 0 Å². The molecule has 0 saturated carbocycles. The first-order valence-electron chi connectivity index (χ1n) is 11.5. The third-order valence-electron chi connectivity index (χ3n) is 5.81. The molecule has 0 aliphatic carbocycles. The van der Waals surface area contributed by atoms with Gasteiger partial charge in [-0.05, 0) is 34.6 Å². The van der Waals surface area contributed by atoms with E-state index in [0.717, 1.165) is 17.5 Å². The summed E-state index contributed by atoms with van der Waals surface area (Å²) in [7, 11) is 0. The first kappa shape index (κ1) is 25.1. The number of hydrogen-bond acceptors (Lipinski definition) is 5. The molecular formula is C28H31N3O3. The predicted molar refractivity (Wildman–Crippen MR) is 131 cm³/mol. The summed E-state index contributed by atoms with van der Waals surface area (Å²) in [6.45, 7) is 9.31. The Balaban J connectivity index is 2.13. The Kier molecular flexibility index (Phi) is 7.48. The van der Waals surface area contributed by atoms with Crippen LogP contribution in [0.15, 0.2) is 48.5 Å². The molecule has 0 spiro atoms. The highest BCUT2D eigenvalue weighted by Crippen LogP contribution is 2.34. The van der Waals surface area contributed by atoms with Gasteiger partial charge < -0.3 is 9.67 Å². The number of hydrogen-bond donors (Lipinski definition) is 1. The van der Waals surface area contributed by atoms with Crippen LogP contribution in [0.4, 0.5) is 0 Å². The van der Waals surface area contributed by atoms with Gasteiger partial charge in [-0.25, -0.2) is 4.98 Å². The van der Waals surface area contributed by atoms with Gasteiger partial charge in [-0.2, -0.15) is 5.26 Å². The molecule has 6 heteroatoms. The number of carbonyl (C=O) groups is 2. The first-order valence-corrected chi connectivity index (χ1v) is 11.5. The van der Waals surface area contributed by atoms with E-state index in [0.29, 0.717) is 41.3 Å². The smallest absolute Gasteiger partial charge is 0.228 e. The van der Waals surface area contributed by atoms with Gasteiger partial charge in [0.25, 0.3) is 0 Å². The molecule has 3 rings (SSSR count). The second kappa shape index (κ2) is 10.1. The monoisotopic (exact) mass is 457 g/mol. The molecule has 0 aliphatic heterocycles. The Bertz CT molecular complexity index is 1240. The Labute approximate surface area is 200 Å². The van der Waals surface area contributed by atoms with Crippen LogP contribution in [-0.4, -0.2) is 26.2 Å². The van der Waals surface area contributed by atoms with Crippen LogP contribution in [0, 0.1) is 16.7 Å². The molecule has 0 fully saturated rings. The van der Waals surface area contributed by atoms with Crippen molar-refractivity contribution >= 4 is 11.6 Å². The van der Waals surface area contributed by atoms with Gasteiger partial charge in [-0.3, -0.25) is 9.59 Å². The van der Waals surface area contributed by atoms with E-state index in [1.807, 2.05) is 74.7 Å². The summed E-state index contributed by atoms with van der Waals surface area (Å²) in [6, 6.07) is 17.2. The Morgan fingerprint density at radius 3 is 2.38 bits per heavy atom. The highest BCUT2D eigenvalue weighted by Gasteiger charge is 2.31. The van der Waals surface area contributed by atoms with Gasteiger partial charge in [0.15, 0.2) is 5.78 Å². The molecule has 1 N–H and O–H groups in total. The largest absolute Gasteiger partial charge is 0.386 e. The van der Waals surface area contributed by atoms with E-state index in [2.05, 4.69) is 11.1 Å². The highest BCUT2D eigenvalue weighted by molar-refractivity contribution is 6.44. The number of rotatable bonds is 8. The van der Waals surface area contributed by atoms with Gasteiger partial charge >= 0.3 is 0 Å². The molecule has 176 valence electrons. The number of carbonyl (C=O) groups excluding carboxylic acids is 2. The van der Waals surface area contributed by atoms with Crippen molar-refractivity contribution in [1.29, 1.82) is 5.26 Å². The van der Waals surface area contributed by atoms with Crippen LogP contribution in [0.3, 0.4) is 0 Å². The number of aliphatic hydroxyl groups is 1. The molecule has 3 aromatic rings. The summed E-state index contributed by atoms with van der Waals surface area (Å²) < 4.78 is 1.81. The number of imidazole rings is 1. The lowest BCUT2D eigenvalue weighted by Crippen LogP contribution is -2.19. The fraction of sp³-hybridized carbons (Fsp3) is 0.357. The van der Waals surface area contributed by atoms with Crippen molar-refractivity contribution in [3.63, 3.8) is 0 Å². The molecule has 0 radical (unpaired) electrons. The van der Waals surface area contributed by atoms with Gasteiger partial charge in [0.1, 0.15) is 29.4 Å². The summed E-state index contributed by atoms with van der Waals surface area (Å²) in [5.41, 5.74) is 2.85. The van der Waals surface area contributed by atoms with Crippen molar-refractivity contribution in [2.45, 2.75) is 60.1 Å². The van der Waals surface area contributed by atoms with Gasteiger partial charge in [-0.1, -0.05) is 70.2 Å². The zero-order valence-electron chi connectivity index (χ0n) is 20.4. The molecule has 0 amide bonds. The summed E-state index contributed by atoms with van der Waals surface area (Å²) in [5, 5.41) is 20.8. The van der Waals surface area contributed by atoms with E-state index in [1.54, 1.807) is 6.07 Å². The minimum atomic E-state index is -0.894. The lowest BCUT2D eigenvalue weighted by molar-refractivity contribution is -0.113. The second-order valence-corrected chi connectivity index (χ2v) is 9.61. The first-order chi connectivity index (χ1) is 16.1. The van der Waals surface area contributed by atoms with Crippen LogP contribution >= 0.6 is 0 Å². The topological polar surface area (TPSA) is 96.0 Å². The van der Waals surface area contributed by atoms with E-state index >= 15 is 0 Å². The molecule has 6 nitrogen and oxygen atoms in total. The molecule has 34 heavy (non-hydrogen) atoms. The van der Waals surface area contributed by atoms with Gasteiger partial charge in [0.05, 0.1) is 6.54 Å². The van der Waals surface area contributed by atoms with E-state index in [1.165, 1.54) is 6.92 Å². The lowest BCUT2D eigenvalue weighted by atomic mass is 9.86. The average Bonchev–Trinajstić information content (AvgIpc) is 3.14. The Hall–Kier alpha value is -3.56. The molecule has 0 bridgehead atoms. The van der Waals surface area contributed by atoms with E-state index in [-0.39, 0.29) is 0 Å². The van der Waals surface area contributed by atoms with Crippen molar-refractivity contribution in [3.05, 3.63) is 76.9 Å². The molecule has 0 saturated heterocycles. The van der Waals surface area contributed by atoms with Crippen molar-refractivity contribution in [3.8, 4) is 17.2 Å². The number of ketones is 2. The molecule has 1 atom stereocenters. The molecule has 0 aliphatic rings. The SMILES string of the molecule is CCCc1nc(C(O)C(C)(C)C)c(C#N)n1Cc1ccc(-c2ccccc2)c(C(=O)C(C)=O)c1. The number of benzene rings is 2. The standard InChI is InChI=1S/C28H31N3O3/c1-6-10-24-30-25(27(34)28(3,4)5)23(16-29)31(24)17-19-13-14-21(20-11-8-7-9-12-20)22(15-19)26(33)18(2)32/h7-9,11-15,27,34H,6,10,17H2,1-5H3. The summed E-state index contributed by atoms with van der Waals surface area (Å²) in [4.78, 5) is 29.4. The molecule has 1 unspecified atom stereocenters. The van der Waals surface area contributed by atoms with Crippen molar-refractivity contribution in [2.75, 3.05) is 0 Å². The maximum Gasteiger partial charge on any atom is 0.228 e. The molecule has 2 aromatic carbocycles. The van der Waals surface area contributed by atoms with Crippen molar-refractivity contribution in [1.82, 2.24) is 9.55 Å². The van der Waals surface area contributed by atoms with Crippen LogP contribution in [0.1, 0.15) is 80.3 Å². The quantitative estimate of drug-likeness (QED) is 0.367. The summed E-state index contributed by atoms with van der Waals surface area (Å²) >= 11 is 0. The minimum absolute atomic E-state index is 0.301. The maximum atomic E-state index is 12.8. The van der Waals surface area contributed by atoms with Gasteiger partial charge in [0, 0.05) is 18.9 Å². The minimum Gasteiger partial charge on any atom is -0.386 e. The number of nitriles is 1. The van der Waals surface area contributed by atoms with Crippen LogP contribution in [-0.2, 0) is 17.8 Å². The number of aliphatic hydroxyl groups excluding tert-OH is 1. The fourth-order valence-electron chi connectivity index (χ4n) is 3.94. The van der Waals surface area contributed by atoms with E-state index in [9.17, 15) is 20.0 Å². The third-order valence-corrected chi connectivity index (χ3v) is 5.81. The van der Waals surface area contributed by atoms with Crippen molar-refractivity contribution < 1.29 is 14.7 Å². The molecule has 1 aromatic heterocycles. The summed E-state index contributed by atoms with van der Waals surface area (Å²) in [6.07, 6.45) is 0.579. The van der Waals surface area contributed by atoms with Crippen LogP contribution in [0.5, 0.6) is 0 Å². The Morgan fingerprint density at radius 2 is 1.82 bits per heavy atom. The Morgan fingerprint density at radius 1 is 1.15 bits per heavy atom. The second-order valence-electron chi connectivity index (χ2n) is 9.61. The average molecular weight is 458 g/mol. The summed E-state index contributed by atoms with van der Waals surface area (Å²) in [5.74, 6) is -0.370. The zero-order valence-corrected chi connectivity index (χ0v) is 20.4. The number of nitrogens with zero attached hydrogens (tertiary/aromatic N) is 3. The number of aryl methyl sites for hydroxylation is 1. The lowest BCUT2D eigenvalue weighted by Gasteiger charge is -2.24. The predicted octanol–water partition coefficient (Wildman–Crippen LogP) is 5.27. The van der Waals surface area contributed by atoms with E-state index < -0.39 is 23.1 Å². The highest BCUT2D eigenvalue weighted by atomic mass is 16.3. The van der Waals surface area contributed by atoms with Crippen LogP contribution in [0.2, 0.25) is 0 Å². The van der Waals surface area contributed by atoms with E-state index in [4.69, 9.17) is 0 Å². The fourth-order valence-corrected chi connectivity index (χ4v) is 3.94. The number of Topliss-reactive ketones (excluding diaryl/α,β-unsaturated/α-hetero) is 2. The third kappa shape index (κ3) is 5.16. The molecule has 1 heterocycles. The number of aromatic nitrogens is 2. The zero-order chi connectivity index (χ0) is 25.0. The van der Waals surface area contributed by atoms with Gasteiger partial charge in [-0.15, -0.1) is 0 Å². The van der Waals surface area contributed by atoms with Gasteiger partial charge in [0.2, 0.25) is 5.78 Å². The van der Waals surface area contributed by atoms with Crippen molar-refractivity contribution in [2.24, 2.45) is 5.41 Å². The van der Waals surface area contributed by atoms with Crippen LogP contribution in [0.25, 0.3) is 11.1 Å².